The number of benzene rings is 1. The summed E-state index contributed by atoms with van der Waals surface area (Å²) in [7, 11) is 0. The summed E-state index contributed by atoms with van der Waals surface area (Å²) in [6, 6.07) is 8.45. The Bertz CT molecular complexity index is 563. The van der Waals surface area contributed by atoms with Gasteiger partial charge in [0, 0.05) is 6.04 Å². The van der Waals surface area contributed by atoms with Gasteiger partial charge in [0.2, 0.25) is 5.95 Å². The highest BCUT2D eigenvalue weighted by atomic mass is 15.2. The van der Waals surface area contributed by atoms with Crippen molar-refractivity contribution >= 4 is 17.0 Å². The van der Waals surface area contributed by atoms with E-state index in [2.05, 4.69) is 20.5 Å². The Morgan fingerprint density at radius 2 is 1.61 bits per heavy atom. The summed E-state index contributed by atoms with van der Waals surface area (Å²) < 4.78 is 0. The van der Waals surface area contributed by atoms with Crippen LogP contribution in [0.25, 0.3) is 11.0 Å². The molecule has 0 aliphatic heterocycles. The number of hydrogen-bond donors (Lipinski definition) is 1. The molecule has 1 aromatic carbocycles. The average molecular weight is 240 g/mol. The van der Waals surface area contributed by atoms with E-state index in [0.717, 1.165) is 22.9 Å². The minimum absolute atomic E-state index is 0.577. The van der Waals surface area contributed by atoms with Gasteiger partial charge in [-0.25, -0.2) is 4.98 Å². The fourth-order valence-electron chi connectivity index (χ4n) is 2.62. The number of rotatable bonds is 4. The Balaban J connectivity index is 1.61. The second kappa shape index (κ2) is 3.90. The second-order valence-corrected chi connectivity index (χ2v) is 5.47. The van der Waals surface area contributed by atoms with Gasteiger partial charge in [0.1, 0.15) is 5.52 Å². The molecule has 2 saturated carbocycles. The van der Waals surface area contributed by atoms with Crippen molar-refractivity contribution in [2.45, 2.75) is 31.7 Å². The molecule has 1 heterocycles. The zero-order chi connectivity index (χ0) is 11.9. The normalized spacial score (nSPS) is 19.4. The van der Waals surface area contributed by atoms with Gasteiger partial charge in [0.15, 0.2) is 0 Å². The van der Waals surface area contributed by atoms with Crippen molar-refractivity contribution in [2.75, 3.05) is 5.32 Å². The predicted molar refractivity (Wildman–Crippen MR) is 70.2 cm³/mol. The number of anilines is 1. The van der Waals surface area contributed by atoms with Gasteiger partial charge in [0.05, 0.1) is 5.52 Å². The van der Waals surface area contributed by atoms with Crippen LogP contribution in [0.3, 0.4) is 0 Å². The van der Waals surface area contributed by atoms with Crippen LogP contribution in [0.5, 0.6) is 0 Å². The van der Waals surface area contributed by atoms with E-state index >= 15 is 0 Å². The maximum absolute atomic E-state index is 4.55. The molecule has 0 saturated heterocycles. The summed E-state index contributed by atoms with van der Waals surface area (Å²) in [4.78, 5) is 4.55. The molecule has 2 aromatic rings. The number of para-hydroxylation sites is 1. The summed E-state index contributed by atoms with van der Waals surface area (Å²) in [5, 5.41) is 11.9. The van der Waals surface area contributed by atoms with Crippen LogP contribution in [0.4, 0.5) is 5.95 Å². The Morgan fingerprint density at radius 3 is 2.28 bits per heavy atom. The topological polar surface area (TPSA) is 50.7 Å². The van der Waals surface area contributed by atoms with E-state index in [4.69, 9.17) is 0 Å². The Kier molecular flexibility index (Phi) is 2.22. The van der Waals surface area contributed by atoms with Gasteiger partial charge in [-0.05, 0) is 49.7 Å². The molecule has 2 aliphatic carbocycles. The summed E-state index contributed by atoms with van der Waals surface area (Å²) >= 11 is 0. The molecule has 2 fully saturated rings. The molecule has 92 valence electrons. The van der Waals surface area contributed by atoms with Crippen LogP contribution < -0.4 is 5.32 Å². The molecule has 1 aromatic heterocycles. The van der Waals surface area contributed by atoms with Crippen molar-refractivity contribution < 1.29 is 0 Å². The van der Waals surface area contributed by atoms with Crippen LogP contribution in [-0.2, 0) is 0 Å². The minimum Gasteiger partial charge on any atom is -0.350 e. The molecule has 0 atom stereocenters. The highest BCUT2D eigenvalue weighted by molar-refractivity contribution is 5.74. The van der Waals surface area contributed by atoms with Crippen molar-refractivity contribution in [2.24, 2.45) is 11.8 Å². The molecule has 1 N–H and O–H groups in total. The zero-order valence-electron chi connectivity index (χ0n) is 10.2. The average Bonchev–Trinajstić information content (AvgIpc) is 3.29. The highest BCUT2D eigenvalue weighted by Crippen LogP contribution is 2.45. The molecule has 0 amide bonds. The molecule has 0 bridgehead atoms. The van der Waals surface area contributed by atoms with E-state index in [0.29, 0.717) is 12.0 Å². The number of fused-ring (bicyclic) bond motifs is 1. The molecular weight excluding hydrogens is 224 g/mol. The molecular formula is C14H16N4. The number of hydrogen-bond acceptors (Lipinski definition) is 4. The molecule has 4 rings (SSSR count). The molecule has 0 spiro atoms. The maximum Gasteiger partial charge on any atom is 0.243 e. The first-order valence-electron chi connectivity index (χ1n) is 6.76. The van der Waals surface area contributed by atoms with Crippen LogP contribution in [0, 0.1) is 11.8 Å². The van der Waals surface area contributed by atoms with Gasteiger partial charge < -0.3 is 5.32 Å². The summed E-state index contributed by atoms with van der Waals surface area (Å²) in [6.45, 7) is 0. The fraction of sp³-hybridized carbons (Fsp3) is 0.500. The highest BCUT2D eigenvalue weighted by Gasteiger charge is 2.41. The van der Waals surface area contributed by atoms with Crippen molar-refractivity contribution in [1.29, 1.82) is 0 Å². The third-order valence-electron chi connectivity index (χ3n) is 3.92. The lowest BCUT2D eigenvalue weighted by atomic mass is 10.1. The fourth-order valence-corrected chi connectivity index (χ4v) is 2.62. The largest absolute Gasteiger partial charge is 0.350 e. The van der Waals surface area contributed by atoms with Gasteiger partial charge >= 0.3 is 0 Å². The van der Waals surface area contributed by atoms with E-state index < -0.39 is 0 Å². The lowest BCUT2D eigenvalue weighted by molar-refractivity contribution is 0.562. The first-order valence-corrected chi connectivity index (χ1v) is 6.76. The molecule has 4 heteroatoms. The van der Waals surface area contributed by atoms with E-state index in [1.54, 1.807) is 0 Å². The van der Waals surface area contributed by atoms with Crippen LogP contribution in [0.1, 0.15) is 25.7 Å². The first-order chi connectivity index (χ1) is 8.90. The lowest BCUT2D eigenvalue weighted by Crippen LogP contribution is -2.25. The van der Waals surface area contributed by atoms with Crippen LogP contribution >= 0.6 is 0 Å². The Morgan fingerprint density at radius 1 is 0.944 bits per heavy atom. The van der Waals surface area contributed by atoms with Gasteiger partial charge in [0.25, 0.3) is 0 Å². The summed E-state index contributed by atoms with van der Waals surface area (Å²) in [5.74, 6) is 2.37. The van der Waals surface area contributed by atoms with Crippen LogP contribution in [-0.4, -0.2) is 21.2 Å². The van der Waals surface area contributed by atoms with Crippen LogP contribution in [0.2, 0.25) is 0 Å². The molecule has 2 aliphatic rings. The number of nitrogens with zero attached hydrogens (tertiary/aromatic N) is 3. The third-order valence-corrected chi connectivity index (χ3v) is 3.92. The smallest absolute Gasteiger partial charge is 0.243 e. The SMILES string of the molecule is c1ccc2nc(NC(C3CC3)C3CC3)nnc2c1. The van der Waals surface area contributed by atoms with Gasteiger partial charge in [-0.3, -0.25) is 0 Å². The monoisotopic (exact) mass is 240 g/mol. The van der Waals surface area contributed by atoms with Crippen molar-refractivity contribution in [1.82, 2.24) is 15.2 Å². The predicted octanol–water partition coefficient (Wildman–Crippen LogP) is 2.63. The maximum atomic E-state index is 4.55. The van der Waals surface area contributed by atoms with E-state index in [1.807, 2.05) is 24.3 Å². The van der Waals surface area contributed by atoms with E-state index in [9.17, 15) is 0 Å². The summed E-state index contributed by atoms with van der Waals surface area (Å²) in [5.41, 5.74) is 1.78. The van der Waals surface area contributed by atoms with Crippen molar-refractivity contribution in [3.05, 3.63) is 24.3 Å². The Labute approximate surface area is 106 Å². The zero-order valence-corrected chi connectivity index (χ0v) is 10.2. The summed E-state index contributed by atoms with van der Waals surface area (Å²) in [6.07, 6.45) is 5.43. The van der Waals surface area contributed by atoms with E-state index in [-0.39, 0.29) is 0 Å². The number of nitrogens with one attached hydrogen (secondary N) is 1. The molecule has 0 unspecified atom stereocenters. The van der Waals surface area contributed by atoms with Gasteiger partial charge in [-0.1, -0.05) is 12.1 Å². The van der Waals surface area contributed by atoms with E-state index in [1.165, 1.54) is 25.7 Å². The van der Waals surface area contributed by atoms with Crippen molar-refractivity contribution in [3.63, 3.8) is 0 Å². The molecule has 0 radical (unpaired) electrons. The minimum atomic E-state index is 0.577. The van der Waals surface area contributed by atoms with Crippen LogP contribution in [0.15, 0.2) is 24.3 Å². The lowest BCUT2D eigenvalue weighted by Gasteiger charge is -2.17. The second-order valence-electron chi connectivity index (χ2n) is 5.47. The quantitative estimate of drug-likeness (QED) is 0.892. The molecule has 4 nitrogen and oxygen atoms in total. The van der Waals surface area contributed by atoms with Crippen molar-refractivity contribution in [3.8, 4) is 0 Å². The van der Waals surface area contributed by atoms with Gasteiger partial charge in [-0.2, -0.15) is 0 Å². The number of aromatic nitrogens is 3. The third kappa shape index (κ3) is 1.92. The van der Waals surface area contributed by atoms with Gasteiger partial charge in [-0.15, -0.1) is 10.2 Å². The first kappa shape index (κ1) is 10.2. The standard InChI is InChI=1S/C14H16N4/c1-2-4-12-11(3-1)15-14(18-17-12)16-13(9-5-6-9)10-7-8-10/h1-4,9-10,13H,5-8H2,(H,15,16,18). The molecule has 18 heavy (non-hydrogen) atoms. The Hall–Kier alpha value is -1.71.